The third-order valence-electron chi connectivity index (χ3n) is 3.55. The molecule has 2 aromatic heterocycles. The normalized spacial score (nSPS) is 11.5. The smallest absolute Gasteiger partial charge is 0.231 e. The number of rotatable bonds is 5. The first kappa shape index (κ1) is 17.0. The van der Waals surface area contributed by atoms with E-state index in [2.05, 4.69) is 36.3 Å². The molecular formula is C19H23N5O. The Hall–Kier alpha value is -2.89. The number of hydrogen-bond donors (Lipinski definition) is 1. The Morgan fingerprint density at radius 1 is 1.04 bits per heavy atom. The van der Waals surface area contributed by atoms with E-state index in [-0.39, 0.29) is 17.7 Å². The van der Waals surface area contributed by atoms with Crippen LogP contribution in [-0.4, -0.2) is 25.5 Å². The maximum atomic E-state index is 12.2. The summed E-state index contributed by atoms with van der Waals surface area (Å²) in [5, 5.41) is 11.7. The SMILES string of the molecule is CC(C)(C)Cn1ccc(NC(=O)Cc2ccn(-c3ccccc3)n2)n1. The summed E-state index contributed by atoms with van der Waals surface area (Å²) in [6.07, 6.45) is 3.95. The van der Waals surface area contributed by atoms with Gasteiger partial charge in [-0.05, 0) is 23.6 Å². The number of nitrogens with zero attached hydrogens (tertiary/aromatic N) is 4. The number of carbonyl (C=O) groups excluding carboxylic acids is 1. The van der Waals surface area contributed by atoms with Crippen molar-refractivity contribution < 1.29 is 4.79 Å². The number of nitrogens with one attached hydrogen (secondary N) is 1. The van der Waals surface area contributed by atoms with Gasteiger partial charge in [0.2, 0.25) is 5.91 Å². The van der Waals surface area contributed by atoms with E-state index >= 15 is 0 Å². The van der Waals surface area contributed by atoms with Crippen LogP contribution in [0, 0.1) is 5.41 Å². The van der Waals surface area contributed by atoms with Crippen molar-refractivity contribution in [1.29, 1.82) is 0 Å². The summed E-state index contributed by atoms with van der Waals surface area (Å²) in [6, 6.07) is 13.5. The third-order valence-corrected chi connectivity index (χ3v) is 3.55. The fraction of sp³-hybridized carbons (Fsp3) is 0.316. The van der Waals surface area contributed by atoms with E-state index in [4.69, 9.17) is 0 Å². The molecule has 1 N–H and O–H groups in total. The molecule has 0 radical (unpaired) electrons. The first-order valence-corrected chi connectivity index (χ1v) is 8.32. The van der Waals surface area contributed by atoms with Crippen molar-refractivity contribution in [2.45, 2.75) is 33.7 Å². The maximum Gasteiger partial charge on any atom is 0.231 e. The van der Waals surface area contributed by atoms with Gasteiger partial charge in [-0.2, -0.15) is 10.2 Å². The molecule has 0 saturated carbocycles. The van der Waals surface area contributed by atoms with Gasteiger partial charge in [-0.25, -0.2) is 4.68 Å². The topological polar surface area (TPSA) is 64.7 Å². The van der Waals surface area contributed by atoms with Gasteiger partial charge in [-0.15, -0.1) is 0 Å². The maximum absolute atomic E-state index is 12.2. The van der Waals surface area contributed by atoms with Gasteiger partial charge in [0.25, 0.3) is 0 Å². The Kier molecular flexibility index (Phi) is 4.70. The predicted molar refractivity (Wildman–Crippen MR) is 97.6 cm³/mol. The molecule has 130 valence electrons. The van der Waals surface area contributed by atoms with E-state index in [1.165, 1.54) is 0 Å². The summed E-state index contributed by atoms with van der Waals surface area (Å²) in [5.74, 6) is 0.441. The number of aromatic nitrogens is 4. The zero-order chi connectivity index (χ0) is 17.9. The second-order valence-corrected chi connectivity index (χ2v) is 7.27. The number of anilines is 1. The van der Waals surface area contributed by atoms with E-state index in [1.54, 1.807) is 4.68 Å². The Morgan fingerprint density at radius 3 is 2.52 bits per heavy atom. The van der Waals surface area contributed by atoms with Crippen molar-refractivity contribution in [3.05, 3.63) is 60.6 Å². The molecular weight excluding hydrogens is 314 g/mol. The van der Waals surface area contributed by atoms with Gasteiger partial charge in [0.05, 0.1) is 17.8 Å². The number of carbonyl (C=O) groups is 1. The predicted octanol–water partition coefficient (Wildman–Crippen LogP) is 3.30. The molecule has 2 heterocycles. The van der Waals surface area contributed by atoms with Crippen molar-refractivity contribution in [2.24, 2.45) is 5.41 Å². The molecule has 0 bridgehead atoms. The van der Waals surface area contributed by atoms with Crippen LogP contribution in [0.5, 0.6) is 0 Å². The number of amides is 1. The third kappa shape index (κ3) is 4.79. The molecule has 0 saturated heterocycles. The molecule has 1 aromatic carbocycles. The summed E-state index contributed by atoms with van der Waals surface area (Å²) in [6.45, 7) is 7.24. The minimum atomic E-state index is -0.126. The second kappa shape index (κ2) is 6.93. The van der Waals surface area contributed by atoms with Crippen molar-refractivity contribution in [1.82, 2.24) is 19.6 Å². The van der Waals surface area contributed by atoms with Gasteiger partial charge >= 0.3 is 0 Å². The summed E-state index contributed by atoms with van der Waals surface area (Å²) >= 11 is 0. The Morgan fingerprint density at radius 2 is 1.80 bits per heavy atom. The quantitative estimate of drug-likeness (QED) is 0.777. The van der Waals surface area contributed by atoms with Crippen LogP contribution < -0.4 is 5.32 Å². The Labute approximate surface area is 147 Å². The molecule has 0 aliphatic heterocycles. The lowest BCUT2D eigenvalue weighted by Gasteiger charge is -2.17. The minimum Gasteiger partial charge on any atom is -0.309 e. The van der Waals surface area contributed by atoms with Gasteiger partial charge in [0, 0.05) is 25.0 Å². The fourth-order valence-corrected chi connectivity index (χ4v) is 2.53. The molecule has 3 aromatic rings. The van der Waals surface area contributed by atoms with Crippen LogP contribution in [0.1, 0.15) is 26.5 Å². The minimum absolute atomic E-state index is 0.126. The molecule has 6 heteroatoms. The highest BCUT2D eigenvalue weighted by Gasteiger charge is 2.13. The van der Waals surface area contributed by atoms with E-state index in [1.807, 2.05) is 59.5 Å². The number of para-hydroxylation sites is 1. The molecule has 1 amide bonds. The van der Waals surface area contributed by atoms with Gasteiger partial charge in [-0.3, -0.25) is 9.48 Å². The molecule has 0 aliphatic rings. The van der Waals surface area contributed by atoms with Crippen LogP contribution >= 0.6 is 0 Å². The second-order valence-electron chi connectivity index (χ2n) is 7.27. The van der Waals surface area contributed by atoms with Crippen molar-refractivity contribution in [3.8, 4) is 5.69 Å². The van der Waals surface area contributed by atoms with E-state index in [9.17, 15) is 4.79 Å². The highest BCUT2D eigenvalue weighted by atomic mass is 16.1. The van der Waals surface area contributed by atoms with Crippen molar-refractivity contribution >= 4 is 11.7 Å². The highest BCUT2D eigenvalue weighted by molar-refractivity contribution is 5.91. The molecule has 0 atom stereocenters. The zero-order valence-electron chi connectivity index (χ0n) is 14.8. The highest BCUT2D eigenvalue weighted by Crippen LogP contribution is 2.16. The van der Waals surface area contributed by atoms with E-state index < -0.39 is 0 Å². The Balaban J connectivity index is 1.59. The first-order valence-electron chi connectivity index (χ1n) is 8.32. The van der Waals surface area contributed by atoms with Crippen LogP contribution in [0.4, 0.5) is 5.82 Å². The van der Waals surface area contributed by atoms with Crippen LogP contribution in [0.25, 0.3) is 5.69 Å². The van der Waals surface area contributed by atoms with Gasteiger partial charge in [0.1, 0.15) is 0 Å². The zero-order valence-corrected chi connectivity index (χ0v) is 14.8. The lowest BCUT2D eigenvalue weighted by atomic mass is 9.97. The molecule has 25 heavy (non-hydrogen) atoms. The number of hydrogen-bond acceptors (Lipinski definition) is 3. The van der Waals surface area contributed by atoms with Gasteiger partial charge < -0.3 is 5.32 Å². The van der Waals surface area contributed by atoms with Crippen molar-refractivity contribution in [3.63, 3.8) is 0 Å². The van der Waals surface area contributed by atoms with Gasteiger partial charge in [0.15, 0.2) is 5.82 Å². The molecule has 0 fully saturated rings. The standard InChI is InChI=1S/C19H23N5O/c1-19(2,3)14-23-11-10-17(22-23)20-18(25)13-15-9-12-24(21-15)16-7-5-4-6-8-16/h4-12H,13-14H2,1-3H3,(H,20,22,25). The summed E-state index contributed by atoms with van der Waals surface area (Å²) in [7, 11) is 0. The molecule has 0 unspecified atom stereocenters. The Bertz CT molecular complexity index is 842. The molecule has 3 rings (SSSR count). The van der Waals surface area contributed by atoms with Gasteiger partial charge in [-0.1, -0.05) is 39.0 Å². The average Bonchev–Trinajstić information content (AvgIpc) is 3.16. The van der Waals surface area contributed by atoms with E-state index in [0.717, 1.165) is 17.9 Å². The fourth-order valence-electron chi connectivity index (χ4n) is 2.53. The van der Waals surface area contributed by atoms with Crippen LogP contribution in [0.2, 0.25) is 0 Å². The monoisotopic (exact) mass is 337 g/mol. The van der Waals surface area contributed by atoms with E-state index in [0.29, 0.717) is 5.82 Å². The largest absolute Gasteiger partial charge is 0.309 e. The summed E-state index contributed by atoms with van der Waals surface area (Å²) < 4.78 is 3.61. The molecule has 0 spiro atoms. The number of benzene rings is 1. The molecule has 0 aliphatic carbocycles. The summed E-state index contributed by atoms with van der Waals surface area (Å²) in [4.78, 5) is 12.2. The van der Waals surface area contributed by atoms with Crippen molar-refractivity contribution in [2.75, 3.05) is 5.32 Å². The average molecular weight is 337 g/mol. The van der Waals surface area contributed by atoms with Crippen LogP contribution in [-0.2, 0) is 17.8 Å². The van der Waals surface area contributed by atoms with Crippen LogP contribution in [0.15, 0.2) is 54.9 Å². The molecule has 6 nitrogen and oxygen atoms in total. The first-order chi connectivity index (χ1) is 11.9. The van der Waals surface area contributed by atoms with Crippen LogP contribution in [0.3, 0.4) is 0 Å². The summed E-state index contributed by atoms with van der Waals surface area (Å²) in [5.41, 5.74) is 1.82. The lowest BCUT2D eigenvalue weighted by Crippen LogP contribution is -2.18. The lowest BCUT2D eigenvalue weighted by molar-refractivity contribution is -0.115.